The van der Waals surface area contributed by atoms with Crippen LogP contribution in [0.1, 0.15) is 32.8 Å². The molecule has 0 bridgehead atoms. The quantitative estimate of drug-likeness (QED) is 0.715. The molecule has 1 aromatic heterocycles. The number of nitrogens with zero attached hydrogens (tertiary/aromatic N) is 2. The van der Waals surface area contributed by atoms with Crippen molar-refractivity contribution in [1.82, 2.24) is 9.78 Å². The summed E-state index contributed by atoms with van der Waals surface area (Å²) in [6.45, 7) is 6.23. The summed E-state index contributed by atoms with van der Waals surface area (Å²) in [7, 11) is 0. The lowest BCUT2D eigenvalue weighted by molar-refractivity contribution is -0.116. The number of aryl methyl sites for hydroxylation is 1. The second kappa shape index (κ2) is 7.56. The van der Waals surface area contributed by atoms with Gasteiger partial charge in [-0.15, -0.1) is 0 Å². The molecule has 0 aliphatic rings. The van der Waals surface area contributed by atoms with E-state index in [0.29, 0.717) is 6.42 Å². The molecule has 4 nitrogen and oxygen atoms in total. The van der Waals surface area contributed by atoms with Crippen molar-refractivity contribution in [3.05, 3.63) is 72.4 Å². The van der Waals surface area contributed by atoms with Gasteiger partial charge in [0.05, 0.1) is 11.7 Å². The second-order valence-electron chi connectivity index (χ2n) is 7.39. The van der Waals surface area contributed by atoms with Crippen LogP contribution in [-0.2, 0) is 16.8 Å². The Morgan fingerprint density at radius 3 is 2.23 bits per heavy atom. The summed E-state index contributed by atoms with van der Waals surface area (Å²) < 4.78 is 1.88. The zero-order valence-corrected chi connectivity index (χ0v) is 15.6. The van der Waals surface area contributed by atoms with Crippen molar-refractivity contribution in [1.29, 1.82) is 0 Å². The summed E-state index contributed by atoms with van der Waals surface area (Å²) in [5.74, 6) is 0.749. The Labute approximate surface area is 154 Å². The van der Waals surface area contributed by atoms with Crippen LogP contribution in [0, 0.1) is 0 Å². The maximum absolute atomic E-state index is 12.6. The van der Waals surface area contributed by atoms with Gasteiger partial charge in [-0.2, -0.15) is 5.10 Å². The third kappa shape index (κ3) is 4.20. The maximum Gasteiger partial charge on any atom is 0.225 e. The molecule has 0 unspecified atom stereocenters. The van der Waals surface area contributed by atoms with Crippen LogP contribution < -0.4 is 5.32 Å². The molecule has 3 aromatic rings. The van der Waals surface area contributed by atoms with Crippen molar-refractivity contribution in [3.8, 4) is 11.1 Å². The Bertz CT molecular complexity index is 861. The fourth-order valence-electron chi connectivity index (χ4n) is 2.90. The summed E-state index contributed by atoms with van der Waals surface area (Å²) >= 11 is 0. The van der Waals surface area contributed by atoms with Gasteiger partial charge in [-0.25, -0.2) is 4.68 Å². The monoisotopic (exact) mass is 347 g/mol. The van der Waals surface area contributed by atoms with Gasteiger partial charge >= 0.3 is 0 Å². The Hall–Kier alpha value is -2.88. The van der Waals surface area contributed by atoms with E-state index in [1.807, 2.05) is 71.5 Å². The lowest BCUT2D eigenvalue weighted by Gasteiger charge is -2.23. The van der Waals surface area contributed by atoms with Gasteiger partial charge in [0, 0.05) is 12.0 Å². The van der Waals surface area contributed by atoms with E-state index < -0.39 is 0 Å². The zero-order chi connectivity index (χ0) is 18.6. The Morgan fingerprint density at radius 2 is 1.62 bits per heavy atom. The summed E-state index contributed by atoms with van der Waals surface area (Å²) in [6.07, 6.45) is 2.98. The topological polar surface area (TPSA) is 46.9 Å². The molecule has 0 radical (unpaired) electrons. The Morgan fingerprint density at radius 1 is 1.00 bits per heavy atom. The first-order chi connectivity index (χ1) is 12.4. The first kappa shape index (κ1) is 17.9. The number of aromatic nitrogens is 2. The molecule has 4 heteroatoms. The van der Waals surface area contributed by atoms with Crippen LogP contribution in [0.25, 0.3) is 11.1 Å². The molecular formula is C22H25N3O. The molecular weight excluding hydrogens is 322 g/mol. The molecule has 2 aromatic carbocycles. The van der Waals surface area contributed by atoms with E-state index in [1.165, 1.54) is 0 Å². The number of carbonyl (C=O) groups is 1. The fraction of sp³-hybridized carbons (Fsp3) is 0.273. The van der Waals surface area contributed by atoms with Gasteiger partial charge in [0.1, 0.15) is 5.82 Å². The fourth-order valence-corrected chi connectivity index (χ4v) is 2.90. The van der Waals surface area contributed by atoms with Crippen molar-refractivity contribution < 1.29 is 4.79 Å². The third-order valence-corrected chi connectivity index (χ3v) is 4.23. The summed E-state index contributed by atoms with van der Waals surface area (Å²) in [4.78, 5) is 12.6. The molecule has 0 aliphatic carbocycles. The van der Waals surface area contributed by atoms with Crippen LogP contribution in [-0.4, -0.2) is 15.7 Å². The number of hydrogen-bond donors (Lipinski definition) is 1. The lowest BCUT2D eigenvalue weighted by Crippen LogP contribution is -2.27. The predicted octanol–water partition coefficient (Wildman–Crippen LogP) is 4.88. The first-order valence-corrected chi connectivity index (χ1v) is 8.93. The number of benzene rings is 2. The van der Waals surface area contributed by atoms with E-state index in [4.69, 9.17) is 0 Å². The second-order valence-corrected chi connectivity index (χ2v) is 7.39. The van der Waals surface area contributed by atoms with Crippen molar-refractivity contribution >= 4 is 11.7 Å². The molecule has 0 aliphatic heterocycles. The number of nitrogens with one attached hydrogen (secondary N) is 1. The minimum absolute atomic E-state index is 0.00275. The van der Waals surface area contributed by atoms with Gasteiger partial charge in [0.15, 0.2) is 0 Å². The van der Waals surface area contributed by atoms with Crippen LogP contribution in [0.5, 0.6) is 0 Å². The number of anilines is 1. The molecule has 3 rings (SSSR count). The van der Waals surface area contributed by atoms with E-state index in [-0.39, 0.29) is 11.4 Å². The van der Waals surface area contributed by atoms with Crippen LogP contribution in [0.4, 0.5) is 5.82 Å². The summed E-state index contributed by atoms with van der Waals surface area (Å²) in [5.41, 5.74) is 2.92. The molecule has 0 saturated carbocycles. The van der Waals surface area contributed by atoms with E-state index >= 15 is 0 Å². The minimum atomic E-state index is -0.227. The van der Waals surface area contributed by atoms with Crippen molar-refractivity contribution in [2.75, 3.05) is 5.32 Å². The van der Waals surface area contributed by atoms with Crippen LogP contribution in [0.3, 0.4) is 0 Å². The Kier molecular flexibility index (Phi) is 5.21. The molecule has 0 spiro atoms. The number of hydrogen-bond acceptors (Lipinski definition) is 2. The molecule has 0 saturated heterocycles. The average molecular weight is 347 g/mol. The van der Waals surface area contributed by atoms with Crippen LogP contribution in [0.15, 0.2) is 66.9 Å². The molecule has 1 heterocycles. The SMILES string of the molecule is CC(C)(C)n1ncc(-c2ccccc2)c1NC(=O)CCc1ccccc1. The molecule has 0 fully saturated rings. The highest BCUT2D eigenvalue weighted by Gasteiger charge is 2.23. The molecule has 134 valence electrons. The standard InChI is InChI=1S/C22H25N3O/c1-22(2,3)25-21(19(16-23-25)18-12-8-5-9-13-18)24-20(26)15-14-17-10-6-4-7-11-17/h4-13,16H,14-15H2,1-3H3,(H,24,26). The first-order valence-electron chi connectivity index (χ1n) is 8.93. The Balaban J connectivity index is 1.83. The highest BCUT2D eigenvalue weighted by molar-refractivity contribution is 5.94. The van der Waals surface area contributed by atoms with Gasteiger partial charge in [0.2, 0.25) is 5.91 Å². The molecule has 1 N–H and O–H groups in total. The van der Waals surface area contributed by atoms with E-state index in [1.54, 1.807) is 0 Å². The van der Waals surface area contributed by atoms with Gasteiger partial charge in [-0.1, -0.05) is 60.7 Å². The van der Waals surface area contributed by atoms with Crippen LogP contribution >= 0.6 is 0 Å². The number of carbonyl (C=O) groups excluding carboxylic acids is 1. The molecule has 26 heavy (non-hydrogen) atoms. The van der Waals surface area contributed by atoms with E-state index in [2.05, 4.69) is 31.2 Å². The zero-order valence-electron chi connectivity index (χ0n) is 15.6. The summed E-state index contributed by atoms with van der Waals surface area (Å²) in [6, 6.07) is 20.1. The number of rotatable bonds is 5. The van der Waals surface area contributed by atoms with Crippen molar-refractivity contribution in [2.45, 2.75) is 39.2 Å². The highest BCUT2D eigenvalue weighted by Crippen LogP contribution is 2.31. The lowest BCUT2D eigenvalue weighted by atomic mass is 10.1. The smallest absolute Gasteiger partial charge is 0.225 e. The average Bonchev–Trinajstić information content (AvgIpc) is 3.05. The largest absolute Gasteiger partial charge is 0.310 e. The normalized spacial score (nSPS) is 11.3. The number of amides is 1. The highest BCUT2D eigenvalue weighted by atomic mass is 16.1. The van der Waals surface area contributed by atoms with Crippen molar-refractivity contribution in [2.24, 2.45) is 0 Å². The molecule has 1 amide bonds. The van der Waals surface area contributed by atoms with Gasteiger partial charge in [-0.3, -0.25) is 4.79 Å². The van der Waals surface area contributed by atoms with E-state index in [9.17, 15) is 4.79 Å². The molecule has 0 atom stereocenters. The third-order valence-electron chi connectivity index (χ3n) is 4.23. The van der Waals surface area contributed by atoms with Crippen molar-refractivity contribution in [3.63, 3.8) is 0 Å². The summed E-state index contributed by atoms with van der Waals surface area (Å²) in [5, 5.41) is 7.63. The maximum atomic E-state index is 12.6. The predicted molar refractivity (Wildman–Crippen MR) is 106 cm³/mol. The van der Waals surface area contributed by atoms with Gasteiger partial charge in [-0.05, 0) is 38.3 Å². The van der Waals surface area contributed by atoms with E-state index in [0.717, 1.165) is 28.9 Å². The minimum Gasteiger partial charge on any atom is -0.310 e. The van der Waals surface area contributed by atoms with Gasteiger partial charge < -0.3 is 5.32 Å². The van der Waals surface area contributed by atoms with Gasteiger partial charge in [0.25, 0.3) is 0 Å². The van der Waals surface area contributed by atoms with Crippen LogP contribution in [0.2, 0.25) is 0 Å².